The van der Waals surface area contributed by atoms with E-state index in [-0.39, 0.29) is 19.3 Å². The van der Waals surface area contributed by atoms with Gasteiger partial charge in [-0.1, -0.05) is 19.4 Å². The summed E-state index contributed by atoms with van der Waals surface area (Å²) in [6, 6.07) is 0. The molecule has 0 amide bonds. The van der Waals surface area contributed by atoms with Crippen molar-refractivity contribution in [2.45, 2.75) is 128 Å². The Hall–Kier alpha value is -2.50. The molecule has 1 spiro atoms. The van der Waals surface area contributed by atoms with Crippen LogP contribution in [0.25, 0.3) is 0 Å². The number of epoxide rings is 1. The standard InChI is InChI=1S/C28H40O11/c1-8-9-21(31)37-19-13-18(36-16(4)30)25(5)17(35-15(3)29)11-10-14(2)12-20-28(23(32)22(25)26(19,6)34)27(7,39-28)24(33)38-20/h12,17-20,22-23,32,34H,8-11,13H2,1-7H3/b14-12-/t17-,18-,19?,20-,22+,23+,25-,26-,27-,28-/m0/s1. The van der Waals surface area contributed by atoms with E-state index in [1.165, 1.54) is 27.7 Å². The predicted molar refractivity (Wildman–Crippen MR) is 134 cm³/mol. The van der Waals surface area contributed by atoms with Crippen molar-refractivity contribution < 1.29 is 53.1 Å². The Kier molecular flexibility index (Phi) is 7.45. The second kappa shape index (κ2) is 9.85. The molecule has 0 aromatic heterocycles. The van der Waals surface area contributed by atoms with Gasteiger partial charge < -0.3 is 33.9 Å². The van der Waals surface area contributed by atoms with E-state index in [1.54, 1.807) is 13.0 Å². The number of hydrogen-bond acceptors (Lipinski definition) is 11. The highest BCUT2D eigenvalue weighted by molar-refractivity contribution is 5.89. The first-order valence-electron chi connectivity index (χ1n) is 13.6. The van der Waals surface area contributed by atoms with Crippen LogP contribution in [0.5, 0.6) is 0 Å². The zero-order valence-corrected chi connectivity index (χ0v) is 23.6. The van der Waals surface area contributed by atoms with E-state index < -0.39 is 82.5 Å². The lowest BCUT2D eigenvalue weighted by molar-refractivity contribution is -0.274. The van der Waals surface area contributed by atoms with E-state index in [1.807, 2.05) is 13.8 Å². The lowest BCUT2D eigenvalue weighted by Gasteiger charge is -2.59. The molecule has 1 unspecified atom stereocenters. The minimum atomic E-state index is -1.93. The lowest BCUT2D eigenvalue weighted by Crippen LogP contribution is -2.72. The molecular weight excluding hydrogens is 512 g/mol. The van der Waals surface area contributed by atoms with Gasteiger partial charge in [0.2, 0.25) is 0 Å². The van der Waals surface area contributed by atoms with Crippen molar-refractivity contribution in [1.82, 2.24) is 0 Å². The molecule has 0 radical (unpaired) electrons. The topological polar surface area (TPSA) is 158 Å². The van der Waals surface area contributed by atoms with Crippen LogP contribution < -0.4 is 0 Å². The molecule has 1 saturated carbocycles. The molecule has 2 N–H and O–H groups in total. The highest BCUT2D eigenvalue weighted by Crippen LogP contribution is 2.65. The SMILES string of the molecule is CCCC(=O)OC1C[C@H](OC(C)=O)[C@]2(C)[C@@H](OC(C)=O)CC/C(C)=C\[C@@H]3OC(=O)[C@]4(C)O[C@]34[C@H](O)[C@H]2[C@@]1(C)O. The summed E-state index contributed by atoms with van der Waals surface area (Å²) in [5, 5.41) is 24.5. The van der Waals surface area contributed by atoms with Gasteiger partial charge in [0.05, 0.1) is 11.5 Å². The van der Waals surface area contributed by atoms with Crippen LogP contribution in [0.2, 0.25) is 0 Å². The molecule has 4 aliphatic rings. The van der Waals surface area contributed by atoms with Gasteiger partial charge in [-0.3, -0.25) is 14.4 Å². The first-order chi connectivity index (χ1) is 18.0. The van der Waals surface area contributed by atoms with E-state index in [0.29, 0.717) is 12.8 Å². The summed E-state index contributed by atoms with van der Waals surface area (Å²) in [6.45, 7) is 10.8. The average Bonchev–Trinajstić information content (AvgIpc) is 3.40. The van der Waals surface area contributed by atoms with Gasteiger partial charge in [-0.05, 0) is 46.1 Å². The Morgan fingerprint density at radius 1 is 1.05 bits per heavy atom. The maximum atomic E-state index is 12.9. The van der Waals surface area contributed by atoms with E-state index in [2.05, 4.69) is 0 Å². The average molecular weight is 553 g/mol. The van der Waals surface area contributed by atoms with Crippen LogP contribution in [0, 0.1) is 11.3 Å². The van der Waals surface area contributed by atoms with Crippen molar-refractivity contribution >= 4 is 23.9 Å². The van der Waals surface area contributed by atoms with Crippen LogP contribution >= 0.6 is 0 Å². The molecule has 2 aliphatic carbocycles. The molecule has 2 aliphatic heterocycles. The third kappa shape index (κ3) is 4.46. The van der Waals surface area contributed by atoms with Crippen LogP contribution in [0.4, 0.5) is 0 Å². The van der Waals surface area contributed by atoms with E-state index >= 15 is 0 Å². The Balaban J connectivity index is 1.94. The number of ether oxygens (including phenoxy) is 5. The maximum Gasteiger partial charge on any atom is 0.342 e. The molecule has 10 atom stereocenters. The minimum absolute atomic E-state index is 0.0989. The number of aliphatic hydroxyl groups is 2. The van der Waals surface area contributed by atoms with Crippen molar-refractivity contribution in [3.8, 4) is 0 Å². The molecule has 3 fully saturated rings. The molecule has 2 heterocycles. The van der Waals surface area contributed by atoms with E-state index in [4.69, 9.17) is 23.7 Å². The zero-order chi connectivity index (χ0) is 29.1. The molecule has 0 bridgehead atoms. The number of fused-ring (bicyclic) bond motifs is 1. The predicted octanol–water partition coefficient (Wildman–Crippen LogP) is 1.89. The number of rotatable bonds is 5. The summed E-state index contributed by atoms with van der Waals surface area (Å²) >= 11 is 0. The third-order valence-corrected chi connectivity index (χ3v) is 9.23. The van der Waals surface area contributed by atoms with Crippen LogP contribution in [-0.2, 0) is 42.9 Å². The Bertz CT molecular complexity index is 1080. The third-order valence-electron chi connectivity index (χ3n) is 9.23. The second-order valence-corrected chi connectivity index (χ2v) is 12.0. The number of carbonyl (C=O) groups is 4. The molecule has 0 aromatic rings. The monoisotopic (exact) mass is 552 g/mol. The molecular formula is C28H40O11. The van der Waals surface area contributed by atoms with Crippen molar-refractivity contribution in [2.75, 3.05) is 0 Å². The Labute approximate surface area is 228 Å². The highest BCUT2D eigenvalue weighted by Gasteiger charge is 2.87. The number of carbonyl (C=O) groups excluding carboxylic acids is 4. The number of esters is 4. The number of aliphatic hydroxyl groups excluding tert-OH is 1. The Morgan fingerprint density at radius 2 is 1.67 bits per heavy atom. The minimum Gasteiger partial charge on any atom is -0.462 e. The van der Waals surface area contributed by atoms with Gasteiger partial charge in [-0.25, -0.2) is 4.79 Å². The fourth-order valence-corrected chi connectivity index (χ4v) is 7.22. The fourth-order valence-electron chi connectivity index (χ4n) is 7.22. The first-order valence-corrected chi connectivity index (χ1v) is 13.6. The summed E-state index contributed by atoms with van der Waals surface area (Å²) < 4.78 is 29.0. The smallest absolute Gasteiger partial charge is 0.342 e. The summed E-state index contributed by atoms with van der Waals surface area (Å²) in [5.41, 5.74) is -5.58. The molecule has 11 nitrogen and oxygen atoms in total. The number of hydrogen-bond donors (Lipinski definition) is 2. The molecule has 0 aromatic carbocycles. The van der Waals surface area contributed by atoms with Crippen molar-refractivity contribution in [2.24, 2.45) is 11.3 Å². The summed E-state index contributed by atoms with van der Waals surface area (Å²) in [4.78, 5) is 50.2. The normalized spacial score (nSPS) is 46.3. The van der Waals surface area contributed by atoms with Crippen molar-refractivity contribution in [3.63, 3.8) is 0 Å². The van der Waals surface area contributed by atoms with Gasteiger partial charge in [0.1, 0.15) is 23.9 Å². The maximum absolute atomic E-state index is 12.9. The largest absolute Gasteiger partial charge is 0.462 e. The van der Waals surface area contributed by atoms with Crippen molar-refractivity contribution in [3.05, 3.63) is 11.6 Å². The molecule has 2 saturated heterocycles. The lowest BCUT2D eigenvalue weighted by atomic mass is 9.51. The molecule has 11 heteroatoms. The van der Waals surface area contributed by atoms with Crippen LogP contribution in [-0.4, -0.2) is 81.4 Å². The van der Waals surface area contributed by atoms with Gasteiger partial charge in [0.15, 0.2) is 17.3 Å². The van der Waals surface area contributed by atoms with E-state index in [9.17, 15) is 29.4 Å². The van der Waals surface area contributed by atoms with Crippen molar-refractivity contribution in [1.29, 1.82) is 0 Å². The molecule has 4 rings (SSSR count). The summed E-state index contributed by atoms with van der Waals surface area (Å²) in [7, 11) is 0. The first kappa shape index (κ1) is 29.5. The van der Waals surface area contributed by atoms with Gasteiger partial charge in [-0.2, -0.15) is 0 Å². The van der Waals surface area contributed by atoms with Gasteiger partial charge in [0, 0.05) is 32.6 Å². The summed E-state index contributed by atoms with van der Waals surface area (Å²) in [6.07, 6.45) is -2.79. The fraction of sp³-hybridized carbons (Fsp3) is 0.786. The quantitative estimate of drug-likeness (QED) is 0.222. The van der Waals surface area contributed by atoms with Gasteiger partial charge in [0.25, 0.3) is 0 Å². The molecule has 39 heavy (non-hydrogen) atoms. The summed E-state index contributed by atoms with van der Waals surface area (Å²) in [5.74, 6) is -3.69. The highest BCUT2D eigenvalue weighted by atomic mass is 16.7. The molecule has 218 valence electrons. The Morgan fingerprint density at radius 3 is 2.23 bits per heavy atom. The van der Waals surface area contributed by atoms with Crippen LogP contribution in [0.3, 0.4) is 0 Å². The second-order valence-electron chi connectivity index (χ2n) is 12.0. The number of allylic oxidation sites excluding steroid dienone is 1. The van der Waals surface area contributed by atoms with Gasteiger partial charge >= 0.3 is 23.9 Å². The van der Waals surface area contributed by atoms with Gasteiger partial charge in [-0.15, -0.1) is 0 Å². The van der Waals surface area contributed by atoms with Crippen LogP contribution in [0.15, 0.2) is 11.6 Å². The zero-order valence-electron chi connectivity index (χ0n) is 23.6. The van der Waals surface area contributed by atoms with Crippen LogP contribution in [0.1, 0.15) is 80.6 Å². The van der Waals surface area contributed by atoms with E-state index in [0.717, 1.165) is 5.57 Å².